The minimum atomic E-state index is -0.611. The lowest BCUT2D eigenvalue weighted by molar-refractivity contribution is -0.137. The first kappa shape index (κ1) is 23.2. The van der Waals surface area contributed by atoms with E-state index in [0.717, 1.165) is 35.5 Å². The Kier molecular flexibility index (Phi) is 6.38. The van der Waals surface area contributed by atoms with Crippen LogP contribution >= 0.6 is 0 Å². The van der Waals surface area contributed by atoms with Gasteiger partial charge in [0.25, 0.3) is 0 Å². The average Bonchev–Trinajstić information content (AvgIpc) is 3.65. The molecule has 1 aliphatic heterocycles. The van der Waals surface area contributed by atoms with Crippen molar-refractivity contribution in [3.05, 3.63) is 82.9 Å². The second kappa shape index (κ2) is 9.62. The topological polar surface area (TPSA) is 70.5 Å². The highest BCUT2D eigenvalue weighted by atomic mass is 19.1. The summed E-state index contributed by atoms with van der Waals surface area (Å²) in [5.41, 5.74) is 3.89. The van der Waals surface area contributed by atoms with Crippen molar-refractivity contribution < 1.29 is 14.0 Å². The number of benzene rings is 2. The molecule has 1 unspecified atom stereocenters. The monoisotopic (exact) mass is 475 g/mol. The van der Waals surface area contributed by atoms with Gasteiger partial charge in [-0.25, -0.2) is 9.07 Å². The first-order valence-corrected chi connectivity index (χ1v) is 12.1. The molecule has 1 aliphatic carbocycles. The zero-order chi connectivity index (χ0) is 24.5. The van der Waals surface area contributed by atoms with Crippen molar-refractivity contribution in [2.24, 2.45) is 0 Å². The molecule has 182 valence electrons. The molecule has 2 amide bonds. The van der Waals surface area contributed by atoms with Crippen LogP contribution in [0.1, 0.15) is 41.4 Å². The molecule has 1 aromatic heterocycles. The van der Waals surface area contributed by atoms with Crippen molar-refractivity contribution in [1.82, 2.24) is 24.9 Å². The average molecular weight is 476 g/mol. The Morgan fingerprint density at radius 2 is 1.83 bits per heavy atom. The summed E-state index contributed by atoms with van der Waals surface area (Å²) >= 11 is 0. The number of nitrogens with zero attached hydrogens (tertiary/aromatic N) is 4. The van der Waals surface area contributed by atoms with Gasteiger partial charge < -0.3 is 10.2 Å². The third kappa shape index (κ3) is 4.71. The van der Waals surface area contributed by atoms with Crippen LogP contribution in [0.4, 0.5) is 4.39 Å². The normalized spacial score (nSPS) is 18.4. The molecule has 2 heterocycles. The van der Waals surface area contributed by atoms with Gasteiger partial charge in [0.15, 0.2) is 0 Å². The Hall–Kier alpha value is -3.52. The van der Waals surface area contributed by atoms with E-state index in [9.17, 15) is 14.0 Å². The first-order valence-electron chi connectivity index (χ1n) is 12.1. The summed E-state index contributed by atoms with van der Waals surface area (Å²) in [6.07, 6.45) is 1.85. The van der Waals surface area contributed by atoms with E-state index in [-0.39, 0.29) is 36.8 Å². The Morgan fingerprint density at radius 1 is 1.11 bits per heavy atom. The van der Waals surface area contributed by atoms with Crippen LogP contribution in [0.2, 0.25) is 0 Å². The predicted octanol–water partition coefficient (Wildman–Crippen LogP) is 3.29. The molecular weight excluding hydrogens is 445 g/mol. The Labute approximate surface area is 204 Å². The van der Waals surface area contributed by atoms with Crippen LogP contribution in [-0.4, -0.2) is 57.1 Å². The summed E-state index contributed by atoms with van der Waals surface area (Å²) in [5.74, 6) is -0.517. The maximum atomic E-state index is 14.3. The number of hydrogen-bond donors (Lipinski definition) is 1. The van der Waals surface area contributed by atoms with Gasteiger partial charge >= 0.3 is 0 Å². The Morgan fingerprint density at radius 3 is 2.54 bits per heavy atom. The van der Waals surface area contributed by atoms with E-state index in [1.54, 1.807) is 23.1 Å². The molecule has 1 N–H and O–H groups in total. The number of para-hydroxylation sites is 1. The Bertz CT molecular complexity index is 1240. The summed E-state index contributed by atoms with van der Waals surface area (Å²) < 4.78 is 16.2. The predicted molar refractivity (Wildman–Crippen MR) is 130 cm³/mol. The van der Waals surface area contributed by atoms with Crippen LogP contribution in [-0.2, 0) is 16.1 Å². The van der Waals surface area contributed by atoms with Gasteiger partial charge in [0.2, 0.25) is 11.8 Å². The molecule has 0 bridgehead atoms. The van der Waals surface area contributed by atoms with Gasteiger partial charge in [-0.2, -0.15) is 5.10 Å². The van der Waals surface area contributed by atoms with Crippen LogP contribution in [0.3, 0.4) is 0 Å². The largest absolute Gasteiger partial charge is 0.353 e. The number of aromatic nitrogens is 2. The number of carbonyl (C=O) groups excluding carboxylic acids is 2. The van der Waals surface area contributed by atoms with E-state index in [0.29, 0.717) is 18.7 Å². The van der Waals surface area contributed by atoms with Gasteiger partial charge in [-0.3, -0.25) is 14.5 Å². The highest BCUT2D eigenvalue weighted by Crippen LogP contribution is 2.32. The zero-order valence-corrected chi connectivity index (χ0v) is 20.1. The fraction of sp³-hybridized carbons (Fsp3) is 0.370. The molecule has 0 spiro atoms. The van der Waals surface area contributed by atoms with Crippen molar-refractivity contribution in [3.8, 4) is 5.69 Å². The molecule has 1 atom stereocenters. The van der Waals surface area contributed by atoms with Crippen molar-refractivity contribution in [2.45, 2.75) is 45.3 Å². The molecular formula is C27H30FN5O2. The van der Waals surface area contributed by atoms with Crippen LogP contribution in [0.25, 0.3) is 5.69 Å². The van der Waals surface area contributed by atoms with Crippen molar-refractivity contribution >= 4 is 11.8 Å². The van der Waals surface area contributed by atoms with E-state index in [1.165, 1.54) is 6.07 Å². The van der Waals surface area contributed by atoms with Gasteiger partial charge in [-0.05, 0) is 44.9 Å². The summed E-state index contributed by atoms with van der Waals surface area (Å²) in [7, 11) is 0. The van der Waals surface area contributed by atoms with E-state index in [2.05, 4.69) is 5.32 Å². The highest BCUT2D eigenvalue weighted by Gasteiger charge is 2.39. The SMILES string of the molecule is Cc1nn(-c2ccccc2)c(C)c1C1C(=O)NCCN1CC(=O)N(Cc1ccccc1F)C1CC1. The fourth-order valence-corrected chi connectivity index (χ4v) is 4.95. The molecule has 2 aromatic carbocycles. The van der Waals surface area contributed by atoms with Crippen molar-refractivity contribution in [2.75, 3.05) is 19.6 Å². The molecule has 1 saturated carbocycles. The summed E-state index contributed by atoms with van der Waals surface area (Å²) in [6.45, 7) is 5.22. The lowest BCUT2D eigenvalue weighted by Gasteiger charge is -2.36. The molecule has 3 aromatic rings. The van der Waals surface area contributed by atoms with E-state index < -0.39 is 6.04 Å². The lowest BCUT2D eigenvalue weighted by Crippen LogP contribution is -2.53. The van der Waals surface area contributed by atoms with Crippen LogP contribution in [0, 0.1) is 19.7 Å². The van der Waals surface area contributed by atoms with Crippen LogP contribution in [0.15, 0.2) is 54.6 Å². The number of halogens is 1. The molecule has 35 heavy (non-hydrogen) atoms. The first-order chi connectivity index (χ1) is 16.9. The second-order valence-corrected chi connectivity index (χ2v) is 9.34. The quantitative estimate of drug-likeness (QED) is 0.569. The van der Waals surface area contributed by atoms with Gasteiger partial charge in [0, 0.05) is 42.5 Å². The van der Waals surface area contributed by atoms with E-state index in [1.807, 2.05) is 53.8 Å². The molecule has 1 saturated heterocycles. The number of carbonyl (C=O) groups is 2. The number of hydrogen-bond acceptors (Lipinski definition) is 4. The van der Waals surface area contributed by atoms with Crippen LogP contribution < -0.4 is 5.32 Å². The summed E-state index contributed by atoms with van der Waals surface area (Å²) in [4.78, 5) is 30.3. The minimum absolute atomic E-state index is 0.0822. The standard InChI is InChI=1S/C27H30FN5O2/c1-18-25(19(2)33(30-18)22-9-4-3-5-10-22)26-27(35)29-14-15-31(26)17-24(34)32(21-12-13-21)16-20-8-6-7-11-23(20)28/h3-11,21,26H,12-17H2,1-2H3,(H,29,35). The molecule has 2 aliphatic rings. The number of aryl methyl sites for hydroxylation is 1. The number of nitrogens with one attached hydrogen (secondary N) is 1. The maximum Gasteiger partial charge on any atom is 0.242 e. The van der Waals surface area contributed by atoms with Gasteiger partial charge in [-0.1, -0.05) is 36.4 Å². The number of piperazine rings is 1. The smallest absolute Gasteiger partial charge is 0.242 e. The molecule has 7 nitrogen and oxygen atoms in total. The second-order valence-electron chi connectivity index (χ2n) is 9.34. The van der Waals surface area contributed by atoms with Crippen molar-refractivity contribution in [1.29, 1.82) is 0 Å². The third-order valence-electron chi connectivity index (χ3n) is 6.88. The summed E-state index contributed by atoms with van der Waals surface area (Å²) in [6, 6.07) is 15.9. The molecule has 0 radical (unpaired) electrons. The maximum absolute atomic E-state index is 14.3. The van der Waals surface area contributed by atoms with Gasteiger partial charge in [-0.15, -0.1) is 0 Å². The van der Waals surface area contributed by atoms with Crippen molar-refractivity contribution in [3.63, 3.8) is 0 Å². The molecule has 5 rings (SSSR count). The van der Waals surface area contributed by atoms with Crippen LogP contribution in [0.5, 0.6) is 0 Å². The molecule has 8 heteroatoms. The van der Waals surface area contributed by atoms with E-state index >= 15 is 0 Å². The zero-order valence-electron chi connectivity index (χ0n) is 20.1. The Balaban J connectivity index is 1.41. The fourth-order valence-electron chi connectivity index (χ4n) is 4.95. The third-order valence-corrected chi connectivity index (χ3v) is 6.88. The number of rotatable bonds is 7. The molecule has 2 fully saturated rings. The van der Waals surface area contributed by atoms with E-state index in [4.69, 9.17) is 5.10 Å². The minimum Gasteiger partial charge on any atom is -0.353 e. The lowest BCUT2D eigenvalue weighted by atomic mass is 10.00. The van der Waals surface area contributed by atoms with Gasteiger partial charge in [0.05, 0.1) is 17.9 Å². The highest BCUT2D eigenvalue weighted by molar-refractivity contribution is 5.86. The summed E-state index contributed by atoms with van der Waals surface area (Å²) in [5, 5.41) is 7.67. The number of amides is 2. The van der Waals surface area contributed by atoms with Gasteiger partial charge in [0.1, 0.15) is 11.9 Å².